The lowest BCUT2D eigenvalue weighted by Gasteiger charge is -2.20. The highest BCUT2D eigenvalue weighted by molar-refractivity contribution is 6.56. The number of anilines is 3. The van der Waals surface area contributed by atoms with E-state index in [4.69, 9.17) is 0 Å². The summed E-state index contributed by atoms with van der Waals surface area (Å²) in [5.74, 6) is -1.42. The molecule has 3 N–H and O–H groups in total. The summed E-state index contributed by atoms with van der Waals surface area (Å²) in [7, 11) is 0. The average Bonchev–Trinajstić information content (AvgIpc) is 3.19. The van der Waals surface area contributed by atoms with Crippen LogP contribution in [0, 0.1) is 27.7 Å². The van der Waals surface area contributed by atoms with Gasteiger partial charge in [-0.2, -0.15) is 5.10 Å². The van der Waals surface area contributed by atoms with Crippen molar-refractivity contribution in [3.63, 3.8) is 0 Å². The number of amides is 1. The van der Waals surface area contributed by atoms with Gasteiger partial charge in [0.1, 0.15) is 5.75 Å². The predicted molar refractivity (Wildman–Crippen MR) is 150 cm³/mol. The van der Waals surface area contributed by atoms with Crippen LogP contribution in [0.3, 0.4) is 0 Å². The minimum atomic E-state index is -1.05. The number of hydrogen-bond acceptors (Lipinski definition) is 5. The lowest BCUT2D eigenvalue weighted by molar-refractivity contribution is -0.111. The number of nitrogens with one attached hydrogen (secondary N) is 1. The Morgan fingerprint density at radius 1 is 0.842 bits per heavy atom. The second-order valence-electron chi connectivity index (χ2n) is 9.47. The molecule has 0 bridgehead atoms. The molecule has 0 atom stereocenters. The number of carboxylic acid groups (broad SMARTS) is 1. The molecule has 1 aliphatic rings. The summed E-state index contributed by atoms with van der Waals surface area (Å²) >= 11 is 0. The second kappa shape index (κ2) is 9.52. The zero-order valence-electron chi connectivity index (χ0n) is 21.5. The van der Waals surface area contributed by atoms with Crippen molar-refractivity contribution in [2.24, 2.45) is 5.10 Å². The van der Waals surface area contributed by atoms with E-state index in [9.17, 15) is 19.8 Å². The van der Waals surface area contributed by atoms with Crippen LogP contribution in [0.1, 0.15) is 38.2 Å². The van der Waals surface area contributed by atoms with Crippen LogP contribution in [0.25, 0.3) is 11.1 Å². The number of aromatic hydroxyl groups is 1. The van der Waals surface area contributed by atoms with Gasteiger partial charge in [0, 0.05) is 16.8 Å². The molecule has 5 rings (SSSR count). The number of phenolic OH excluding ortho intramolecular Hbond substituents is 1. The molecule has 1 heterocycles. The minimum absolute atomic E-state index is 0.101. The maximum absolute atomic E-state index is 13.8. The van der Waals surface area contributed by atoms with Crippen LogP contribution in [-0.2, 0) is 4.79 Å². The van der Waals surface area contributed by atoms with E-state index >= 15 is 0 Å². The summed E-state index contributed by atoms with van der Waals surface area (Å²) in [6.07, 6.45) is 0. The third-order valence-electron chi connectivity index (χ3n) is 7.08. The molecule has 1 aliphatic heterocycles. The number of aromatic carboxylic acids is 1. The van der Waals surface area contributed by atoms with Crippen molar-refractivity contribution in [2.75, 3.05) is 10.3 Å². The summed E-state index contributed by atoms with van der Waals surface area (Å²) in [4.78, 5) is 26.8. The molecule has 7 nitrogen and oxygen atoms in total. The van der Waals surface area contributed by atoms with Gasteiger partial charge in [-0.15, -0.1) is 0 Å². The van der Waals surface area contributed by atoms with Gasteiger partial charge in [0.2, 0.25) is 0 Å². The first-order valence-corrected chi connectivity index (χ1v) is 12.2. The fourth-order valence-electron chi connectivity index (χ4n) is 4.62. The summed E-state index contributed by atoms with van der Waals surface area (Å²) in [6.45, 7) is 8.05. The molecule has 0 unspecified atom stereocenters. The molecule has 0 saturated carbocycles. The Morgan fingerprint density at radius 2 is 1.58 bits per heavy atom. The van der Waals surface area contributed by atoms with Gasteiger partial charge >= 0.3 is 5.97 Å². The van der Waals surface area contributed by atoms with Gasteiger partial charge in [0.15, 0.2) is 5.71 Å². The molecule has 38 heavy (non-hydrogen) atoms. The van der Waals surface area contributed by atoms with Crippen molar-refractivity contribution in [1.29, 1.82) is 0 Å². The number of carboxylic acids is 1. The molecule has 0 spiro atoms. The summed E-state index contributed by atoms with van der Waals surface area (Å²) in [6, 6.07) is 21.2. The Labute approximate surface area is 220 Å². The van der Waals surface area contributed by atoms with Crippen LogP contribution in [0.15, 0.2) is 77.9 Å². The smallest absolute Gasteiger partial charge is 0.335 e. The van der Waals surface area contributed by atoms with Crippen LogP contribution in [0.4, 0.5) is 17.1 Å². The summed E-state index contributed by atoms with van der Waals surface area (Å²) in [5, 5.41) is 24.8. The van der Waals surface area contributed by atoms with Crippen LogP contribution in [0.5, 0.6) is 5.75 Å². The van der Waals surface area contributed by atoms with Gasteiger partial charge in [0.05, 0.1) is 16.9 Å². The first-order valence-electron chi connectivity index (χ1n) is 12.2. The van der Waals surface area contributed by atoms with E-state index in [0.29, 0.717) is 22.4 Å². The Kier molecular flexibility index (Phi) is 6.20. The first kappa shape index (κ1) is 24.8. The van der Waals surface area contributed by atoms with Gasteiger partial charge in [0.25, 0.3) is 5.91 Å². The lowest BCUT2D eigenvalue weighted by atomic mass is 10.0. The highest BCUT2D eigenvalue weighted by Gasteiger charge is 2.37. The number of fused-ring (bicyclic) bond motifs is 1. The summed E-state index contributed by atoms with van der Waals surface area (Å²) in [5.41, 5.74) is 11.0. The molecule has 0 aromatic heterocycles. The van der Waals surface area contributed by atoms with Gasteiger partial charge < -0.3 is 10.2 Å². The SMILES string of the molecule is Cc1ccc(N2C(=O)C(=NNc3cccc(-c4cccc(C(=O)O)c4)c3O)c3ccc(C)c(C)c32)cc1C. The Hall–Kier alpha value is -4.91. The van der Waals surface area contributed by atoms with E-state index in [0.717, 1.165) is 33.6 Å². The van der Waals surface area contributed by atoms with E-state index < -0.39 is 5.97 Å². The predicted octanol–water partition coefficient (Wildman–Crippen LogP) is 6.49. The Bertz CT molecular complexity index is 1660. The zero-order valence-corrected chi connectivity index (χ0v) is 21.5. The van der Waals surface area contributed by atoms with Crippen molar-refractivity contribution in [1.82, 2.24) is 0 Å². The van der Waals surface area contributed by atoms with Crippen molar-refractivity contribution in [3.05, 3.63) is 106 Å². The largest absolute Gasteiger partial charge is 0.505 e. The number of hydrogen-bond donors (Lipinski definition) is 3. The van der Waals surface area contributed by atoms with Crippen LogP contribution in [0.2, 0.25) is 0 Å². The number of rotatable bonds is 5. The van der Waals surface area contributed by atoms with Crippen molar-refractivity contribution in [2.45, 2.75) is 27.7 Å². The van der Waals surface area contributed by atoms with Crippen molar-refractivity contribution in [3.8, 4) is 16.9 Å². The van der Waals surface area contributed by atoms with E-state index in [1.54, 1.807) is 35.2 Å². The number of phenols is 1. The molecule has 7 heteroatoms. The minimum Gasteiger partial charge on any atom is -0.505 e. The maximum atomic E-state index is 13.8. The fraction of sp³-hybridized carbons (Fsp3) is 0.129. The monoisotopic (exact) mass is 505 g/mol. The Balaban J connectivity index is 1.56. The normalized spacial score (nSPS) is 13.6. The topological polar surface area (TPSA) is 102 Å². The number of carbonyl (C=O) groups excluding carboxylic acids is 1. The van der Waals surface area contributed by atoms with Gasteiger partial charge in [-0.25, -0.2) is 4.79 Å². The molecule has 0 aliphatic carbocycles. The van der Waals surface area contributed by atoms with Crippen LogP contribution >= 0.6 is 0 Å². The van der Waals surface area contributed by atoms with E-state index in [1.165, 1.54) is 12.1 Å². The number of nitrogens with zero attached hydrogens (tertiary/aromatic N) is 2. The van der Waals surface area contributed by atoms with Gasteiger partial charge in [-0.3, -0.25) is 15.1 Å². The molecule has 0 radical (unpaired) electrons. The van der Waals surface area contributed by atoms with Gasteiger partial charge in [-0.1, -0.05) is 42.5 Å². The molecule has 4 aromatic carbocycles. The Morgan fingerprint density at radius 3 is 2.32 bits per heavy atom. The molecule has 0 fully saturated rings. The van der Waals surface area contributed by atoms with E-state index in [2.05, 4.69) is 10.5 Å². The van der Waals surface area contributed by atoms with Crippen LogP contribution in [-0.4, -0.2) is 27.8 Å². The second-order valence-corrected chi connectivity index (χ2v) is 9.47. The van der Waals surface area contributed by atoms with Gasteiger partial charge in [-0.05, 0) is 85.8 Å². The highest BCUT2D eigenvalue weighted by Crippen LogP contribution is 2.41. The fourth-order valence-corrected chi connectivity index (χ4v) is 4.62. The lowest BCUT2D eigenvalue weighted by Crippen LogP contribution is -2.26. The third-order valence-corrected chi connectivity index (χ3v) is 7.08. The number of benzene rings is 4. The summed E-state index contributed by atoms with van der Waals surface area (Å²) < 4.78 is 0. The number of para-hydroxylation sites is 1. The van der Waals surface area contributed by atoms with Crippen molar-refractivity contribution >= 4 is 34.7 Å². The standard InChI is InChI=1S/C31H27N3O4/c1-17-11-13-23(15-19(17)3)34-28-20(4)18(2)12-14-25(28)27(30(34)36)33-32-26-10-6-9-24(29(26)35)21-7-5-8-22(16-21)31(37)38/h5-16,32,35H,1-4H3,(H,37,38). The quantitative estimate of drug-likeness (QED) is 0.213. The molecular weight excluding hydrogens is 478 g/mol. The number of hydrazone groups is 1. The molecule has 4 aromatic rings. The highest BCUT2D eigenvalue weighted by atomic mass is 16.4. The zero-order chi connectivity index (χ0) is 27.1. The first-order chi connectivity index (χ1) is 18.2. The number of carbonyl (C=O) groups is 2. The van der Waals surface area contributed by atoms with Crippen LogP contribution < -0.4 is 10.3 Å². The molecule has 190 valence electrons. The van der Waals surface area contributed by atoms with Crippen molar-refractivity contribution < 1.29 is 19.8 Å². The third kappa shape index (κ3) is 4.18. The van der Waals surface area contributed by atoms with E-state index in [-0.39, 0.29) is 22.9 Å². The molecule has 0 saturated heterocycles. The average molecular weight is 506 g/mol. The van der Waals surface area contributed by atoms with E-state index in [1.807, 2.05) is 58.0 Å². The maximum Gasteiger partial charge on any atom is 0.335 e. The molecule has 1 amide bonds. The molecular formula is C31H27N3O4. The number of aryl methyl sites for hydroxylation is 3.